The monoisotopic (exact) mass is 285 g/mol. The van der Waals surface area contributed by atoms with Gasteiger partial charge in [-0.3, -0.25) is 4.79 Å². The first kappa shape index (κ1) is 13.8. The fraction of sp³-hybridized carbons (Fsp3) is 0.438. The van der Waals surface area contributed by atoms with Gasteiger partial charge in [-0.25, -0.2) is 0 Å². The molecule has 0 unspecified atom stereocenters. The number of aromatic nitrogens is 2. The van der Waals surface area contributed by atoms with Crippen molar-refractivity contribution in [1.82, 2.24) is 15.5 Å². The normalized spacial score (nSPS) is 15.3. The summed E-state index contributed by atoms with van der Waals surface area (Å²) >= 11 is 0. The molecule has 0 spiro atoms. The summed E-state index contributed by atoms with van der Waals surface area (Å²) in [5, 5.41) is 6.80. The van der Waals surface area contributed by atoms with Gasteiger partial charge in [-0.1, -0.05) is 35.7 Å². The van der Waals surface area contributed by atoms with Crippen molar-refractivity contribution in [1.29, 1.82) is 0 Å². The highest BCUT2D eigenvalue weighted by Crippen LogP contribution is 2.24. The van der Waals surface area contributed by atoms with Crippen molar-refractivity contribution in [2.75, 3.05) is 0 Å². The number of nitrogens with one attached hydrogen (secondary N) is 1. The minimum Gasteiger partial charge on any atom is -0.348 e. The zero-order valence-electron chi connectivity index (χ0n) is 12.1. The third kappa shape index (κ3) is 3.29. The molecule has 110 valence electrons. The fourth-order valence-electron chi connectivity index (χ4n) is 2.64. The predicted molar refractivity (Wildman–Crippen MR) is 78.3 cm³/mol. The van der Waals surface area contributed by atoms with Gasteiger partial charge in [0.1, 0.15) is 0 Å². The molecular weight excluding hydrogens is 266 g/mol. The molecular formula is C16H19N3O2. The molecule has 3 rings (SSSR count). The lowest BCUT2D eigenvalue weighted by Gasteiger charge is -2.07. The van der Waals surface area contributed by atoms with Crippen LogP contribution in [0.2, 0.25) is 0 Å². The van der Waals surface area contributed by atoms with Gasteiger partial charge in [0, 0.05) is 11.5 Å². The Labute approximate surface area is 123 Å². The molecule has 1 N–H and O–H groups in total. The molecule has 5 heteroatoms. The third-order valence-corrected chi connectivity index (χ3v) is 3.91. The second-order valence-corrected chi connectivity index (χ2v) is 5.58. The minimum atomic E-state index is 0.106. The lowest BCUT2D eigenvalue weighted by atomic mass is 10.1. The van der Waals surface area contributed by atoms with E-state index in [1.54, 1.807) is 0 Å². The smallest absolute Gasteiger partial charge is 0.257 e. The van der Waals surface area contributed by atoms with Crippen LogP contribution >= 0.6 is 0 Å². The highest BCUT2D eigenvalue weighted by Gasteiger charge is 2.22. The Morgan fingerprint density at radius 3 is 2.71 bits per heavy atom. The number of nitrogens with zero attached hydrogens (tertiary/aromatic N) is 2. The molecule has 21 heavy (non-hydrogen) atoms. The van der Waals surface area contributed by atoms with Crippen LogP contribution in [-0.4, -0.2) is 16.0 Å². The molecule has 1 aromatic carbocycles. The van der Waals surface area contributed by atoms with Crippen LogP contribution in [0.25, 0.3) is 11.5 Å². The topological polar surface area (TPSA) is 68.0 Å². The Morgan fingerprint density at radius 2 is 2.00 bits per heavy atom. The Hall–Kier alpha value is -2.17. The van der Waals surface area contributed by atoms with Crippen molar-refractivity contribution in [2.45, 2.75) is 39.2 Å². The number of rotatable bonds is 4. The van der Waals surface area contributed by atoms with Crippen molar-refractivity contribution in [2.24, 2.45) is 5.92 Å². The summed E-state index contributed by atoms with van der Waals surface area (Å²) in [6.07, 6.45) is 4.29. The van der Waals surface area contributed by atoms with Gasteiger partial charge < -0.3 is 9.84 Å². The molecule has 5 nitrogen and oxygen atoms in total. The van der Waals surface area contributed by atoms with E-state index in [-0.39, 0.29) is 11.8 Å². The van der Waals surface area contributed by atoms with Crippen molar-refractivity contribution in [3.63, 3.8) is 0 Å². The first-order chi connectivity index (χ1) is 10.2. The van der Waals surface area contributed by atoms with E-state index in [0.29, 0.717) is 18.3 Å². The number of aryl methyl sites for hydroxylation is 1. The molecule has 0 radical (unpaired) electrons. The van der Waals surface area contributed by atoms with Crippen LogP contribution in [-0.2, 0) is 11.3 Å². The molecule has 0 saturated heterocycles. The summed E-state index contributed by atoms with van der Waals surface area (Å²) < 4.78 is 5.24. The zero-order valence-corrected chi connectivity index (χ0v) is 12.1. The van der Waals surface area contributed by atoms with Crippen LogP contribution in [0, 0.1) is 12.8 Å². The summed E-state index contributed by atoms with van der Waals surface area (Å²) in [5.41, 5.74) is 2.07. The van der Waals surface area contributed by atoms with Crippen LogP contribution in [0.1, 0.15) is 37.1 Å². The second-order valence-electron chi connectivity index (χ2n) is 5.58. The SMILES string of the molecule is Cc1ccc(-c2nc(CNC(=O)C3CCCC3)no2)cc1. The average molecular weight is 285 g/mol. The van der Waals surface area contributed by atoms with Crippen LogP contribution in [0.4, 0.5) is 0 Å². The van der Waals surface area contributed by atoms with Crippen LogP contribution in [0.3, 0.4) is 0 Å². The fourth-order valence-corrected chi connectivity index (χ4v) is 2.64. The van der Waals surface area contributed by atoms with Gasteiger partial charge in [0.15, 0.2) is 5.82 Å². The van der Waals surface area contributed by atoms with E-state index in [1.165, 1.54) is 5.56 Å². The molecule has 0 bridgehead atoms. The predicted octanol–water partition coefficient (Wildman–Crippen LogP) is 2.85. The third-order valence-electron chi connectivity index (χ3n) is 3.91. The van der Waals surface area contributed by atoms with E-state index in [4.69, 9.17) is 4.52 Å². The summed E-state index contributed by atoms with van der Waals surface area (Å²) in [6, 6.07) is 7.90. The summed E-state index contributed by atoms with van der Waals surface area (Å²) in [6.45, 7) is 2.35. The quantitative estimate of drug-likeness (QED) is 0.938. The Morgan fingerprint density at radius 1 is 1.29 bits per heavy atom. The van der Waals surface area contributed by atoms with Crippen LogP contribution < -0.4 is 5.32 Å². The van der Waals surface area contributed by atoms with Crippen molar-refractivity contribution in [3.05, 3.63) is 35.7 Å². The van der Waals surface area contributed by atoms with Gasteiger partial charge in [-0.15, -0.1) is 0 Å². The van der Waals surface area contributed by atoms with E-state index in [9.17, 15) is 4.79 Å². The maximum absolute atomic E-state index is 11.9. The van der Waals surface area contributed by atoms with Crippen molar-refractivity contribution in [3.8, 4) is 11.5 Å². The van der Waals surface area contributed by atoms with Gasteiger partial charge in [-0.2, -0.15) is 4.98 Å². The first-order valence-electron chi connectivity index (χ1n) is 7.40. The maximum atomic E-state index is 11.9. The highest BCUT2D eigenvalue weighted by atomic mass is 16.5. The molecule has 1 amide bonds. The number of carbonyl (C=O) groups excluding carboxylic acids is 1. The molecule has 1 fully saturated rings. The van der Waals surface area contributed by atoms with Gasteiger partial charge in [0.2, 0.25) is 5.91 Å². The number of carbonyl (C=O) groups is 1. The van der Waals surface area contributed by atoms with E-state index in [2.05, 4.69) is 15.5 Å². The molecule has 1 aromatic heterocycles. The van der Waals surface area contributed by atoms with Crippen molar-refractivity contribution >= 4 is 5.91 Å². The van der Waals surface area contributed by atoms with Gasteiger partial charge in [-0.05, 0) is 31.9 Å². The average Bonchev–Trinajstić information content (AvgIpc) is 3.17. The molecule has 1 saturated carbocycles. The van der Waals surface area contributed by atoms with E-state index >= 15 is 0 Å². The molecule has 2 aromatic rings. The lowest BCUT2D eigenvalue weighted by molar-refractivity contribution is -0.125. The maximum Gasteiger partial charge on any atom is 0.257 e. The largest absolute Gasteiger partial charge is 0.348 e. The number of hydrogen-bond acceptors (Lipinski definition) is 4. The molecule has 0 atom stereocenters. The molecule has 1 aliphatic carbocycles. The number of benzene rings is 1. The number of amides is 1. The second kappa shape index (κ2) is 6.08. The summed E-state index contributed by atoms with van der Waals surface area (Å²) in [4.78, 5) is 16.3. The zero-order chi connectivity index (χ0) is 14.7. The summed E-state index contributed by atoms with van der Waals surface area (Å²) in [7, 11) is 0. The van der Waals surface area contributed by atoms with Crippen LogP contribution in [0.15, 0.2) is 28.8 Å². The Bertz CT molecular complexity index is 613. The first-order valence-corrected chi connectivity index (χ1v) is 7.40. The van der Waals surface area contributed by atoms with Gasteiger partial charge >= 0.3 is 0 Å². The standard InChI is InChI=1S/C16H19N3O2/c1-11-6-8-13(9-7-11)16-18-14(19-21-16)10-17-15(20)12-4-2-3-5-12/h6-9,12H,2-5,10H2,1H3,(H,17,20). The Balaban J connectivity index is 1.60. The van der Waals surface area contributed by atoms with E-state index < -0.39 is 0 Å². The highest BCUT2D eigenvalue weighted by molar-refractivity contribution is 5.78. The van der Waals surface area contributed by atoms with Gasteiger partial charge in [0.25, 0.3) is 5.89 Å². The molecule has 1 heterocycles. The lowest BCUT2D eigenvalue weighted by Crippen LogP contribution is -2.29. The number of hydrogen-bond donors (Lipinski definition) is 1. The molecule has 1 aliphatic rings. The van der Waals surface area contributed by atoms with Gasteiger partial charge in [0.05, 0.1) is 6.54 Å². The van der Waals surface area contributed by atoms with Crippen molar-refractivity contribution < 1.29 is 9.32 Å². The Kier molecular flexibility index (Phi) is 3.99. The van der Waals surface area contributed by atoms with E-state index in [0.717, 1.165) is 31.2 Å². The van der Waals surface area contributed by atoms with E-state index in [1.807, 2.05) is 31.2 Å². The van der Waals surface area contributed by atoms with Crippen LogP contribution in [0.5, 0.6) is 0 Å². The minimum absolute atomic E-state index is 0.106. The summed E-state index contributed by atoms with van der Waals surface area (Å²) in [5.74, 6) is 1.26. The molecule has 0 aliphatic heterocycles.